The summed E-state index contributed by atoms with van der Waals surface area (Å²) in [6, 6.07) is 1.25. The van der Waals surface area contributed by atoms with Gasteiger partial charge in [-0.15, -0.1) is 12.6 Å². The highest BCUT2D eigenvalue weighted by molar-refractivity contribution is 7.84. The lowest BCUT2D eigenvalue weighted by atomic mass is 10.1. The lowest BCUT2D eigenvalue weighted by Gasteiger charge is -2.14. The predicted octanol–water partition coefficient (Wildman–Crippen LogP) is 7.15. The molecule has 0 aromatic heterocycles. The van der Waals surface area contributed by atoms with Gasteiger partial charge in [0.25, 0.3) is 0 Å². The van der Waals surface area contributed by atoms with Crippen molar-refractivity contribution in [1.29, 1.82) is 0 Å². The zero-order chi connectivity index (χ0) is 20.5. The molecule has 0 amide bonds. The highest BCUT2D eigenvalue weighted by Crippen LogP contribution is 2.37. The minimum atomic E-state index is -4.88. The van der Waals surface area contributed by atoms with E-state index in [-0.39, 0.29) is 11.8 Å². The number of hydrogen-bond donors (Lipinski definition) is 2. The number of nitrogens with one attached hydrogen (secondary N) is 1. The summed E-state index contributed by atoms with van der Waals surface area (Å²) < 4.78 is 76.4. The van der Waals surface area contributed by atoms with Crippen LogP contribution in [0.2, 0.25) is 0 Å². The minimum absolute atomic E-state index is 0.0700. The van der Waals surface area contributed by atoms with Crippen molar-refractivity contribution in [2.24, 2.45) is 4.99 Å². The standard InChI is InChI=1S/C15H16F6N2S.C2H6/c1-3-4-13(24)9(2)22-8-23-12-6-10(14(16,17)18)5-11(7-12)15(19,20)21;1-2/h5-8,24H,3-4H2,1-2H3,(H,22,23);1-2H3/b13-9-;. The maximum Gasteiger partial charge on any atom is 0.416 e. The first-order valence-electron chi connectivity index (χ1n) is 7.92. The van der Waals surface area contributed by atoms with Crippen molar-refractivity contribution in [3.63, 3.8) is 0 Å². The molecule has 0 aliphatic rings. The van der Waals surface area contributed by atoms with Crippen molar-refractivity contribution < 1.29 is 26.3 Å². The predicted molar refractivity (Wildman–Crippen MR) is 96.5 cm³/mol. The third-order valence-electron chi connectivity index (χ3n) is 2.98. The normalized spacial score (nSPS) is 13.2. The van der Waals surface area contributed by atoms with Crippen molar-refractivity contribution >= 4 is 24.7 Å². The van der Waals surface area contributed by atoms with Crippen LogP contribution in [-0.4, -0.2) is 6.34 Å². The SMILES string of the molecule is CC.CCC/C(S)=C(\C)N=CNc1cc(C(F)(F)F)cc(C(F)(F)F)c1. The molecule has 2 nitrogen and oxygen atoms in total. The summed E-state index contributed by atoms with van der Waals surface area (Å²) in [7, 11) is 0. The molecule has 1 rings (SSSR count). The highest BCUT2D eigenvalue weighted by Gasteiger charge is 2.36. The monoisotopic (exact) mass is 400 g/mol. The molecule has 0 atom stereocenters. The molecular formula is C17H22F6N2S. The number of rotatable bonds is 5. The highest BCUT2D eigenvalue weighted by atomic mass is 32.1. The molecule has 0 bridgehead atoms. The van der Waals surface area contributed by atoms with Crippen LogP contribution in [0.4, 0.5) is 32.0 Å². The molecule has 9 heteroatoms. The number of allylic oxidation sites excluding steroid dienone is 2. The number of benzene rings is 1. The summed E-state index contributed by atoms with van der Waals surface area (Å²) in [4.78, 5) is 4.62. The molecule has 1 aromatic rings. The van der Waals surface area contributed by atoms with Crippen molar-refractivity contribution in [1.82, 2.24) is 0 Å². The molecule has 0 unspecified atom stereocenters. The van der Waals surface area contributed by atoms with Gasteiger partial charge < -0.3 is 5.32 Å². The third kappa shape index (κ3) is 8.16. The largest absolute Gasteiger partial charge is 0.416 e. The molecule has 0 saturated carbocycles. The van der Waals surface area contributed by atoms with Gasteiger partial charge in [0.15, 0.2) is 0 Å². The zero-order valence-corrected chi connectivity index (χ0v) is 15.8. The van der Waals surface area contributed by atoms with Crippen LogP contribution in [0.5, 0.6) is 0 Å². The molecule has 0 radical (unpaired) electrons. The van der Waals surface area contributed by atoms with Gasteiger partial charge in [-0.2, -0.15) is 26.3 Å². The summed E-state index contributed by atoms with van der Waals surface area (Å²) >= 11 is 4.21. The van der Waals surface area contributed by atoms with E-state index in [4.69, 9.17) is 0 Å². The number of anilines is 1. The van der Waals surface area contributed by atoms with Crippen LogP contribution < -0.4 is 5.32 Å². The van der Waals surface area contributed by atoms with Crippen LogP contribution in [0.25, 0.3) is 0 Å². The Kier molecular flexibility index (Phi) is 9.83. The molecule has 0 saturated heterocycles. The summed E-state index contributed by atoms with van der Waals surface area (Å²) in [5.74, 6) is 0. The van der Waals surface area contributed by atoms with Gasteiger partial charge in [0.05, 0.1) is 17.5 Å². The summed E-state index contributed by atoms with van der Waals surface area (Å²) in [5.41, 5.74) is -2.61. The number of aliphatic imine (C=N–C) groups is 1. The van der Waals surface area contributed by atoms with E-state index in [0.29, 0.717) is 29.2 Å². The Morgan fingerprint density at radius 2 is 1.50 bits per heavy atom. The first kappa shape index (κ1) is 24.4. The topological polar surface area (TPSA) is 24.4 Å². The third-order valence-corrected chi connectivity index (χ3v) is 3.53. The zero-order valence-electron chi connectivity index (χ0n) is 14.9. The van der Waals surface area contributed by atoms with E-state index in [1.807, 2.05) is 20.8 Å². The average Bonchev–Trinajstić information content (AvgIpc) is 2.55. The van der Waals surface area contributed by atoms with E-state index in [1.54, 1.807) is 6.92 Å². The molecule has 0 aliphatic carbocycles. The second kappa shape index (κ2) is 10.5. The molecule has 0 spiro atoms. The Balaban J connectivity index is 0.00000301. The lowest BCUT2D eigenvalue weighted by molar-refractivity contribution is -0.143. The molecule has 0 fully saturated rings. The van der Waals surface area contributed by atoms with Crippen LogP contribution in [0.1, 0.15) is 51.7 Å². The lowest BCUT2D eigenvalue weighted by Crippen LogP contribution is -2.12. The van der Waals surface area contributed by atoms with Crippen molar-refractivity contribution in [2.75, 3.05) is 5.32 Å². The van der Waals surface area contributed by atoms with Crippen LogP contribution in [0, 0.1) is 0 Å². The average molecular weight is 400 g/mol. The van der Waals surface area contributed by atoms with Crippen LogP contribution in [0.3, 0.4) is 0 Å². The van der Waals surface area contributed by atoms with Gasteiger partial charge in [-0.1, -0.05) is 27.2 Å². The summed E-state index contributed by atoms with van der Waals surface area (Å²) in [6.07, 6.45) is -7.22. The number of alkyl halides is 6. The Morgan fingerprint density at radius 3 is 1.88 bits per heavy atom. The van der Waals surface area contributed by atoms with Gasteiger partial charge in [0, 0.05) is 16.3 Å². The fourth-order valence-electron chi connectivity index (χ4n) is 1.73. The maximum atomic E-state index is 12.7. The van der Waals surface area contributed by atoms with E-state index in [2.05, 4.69) is 22.9 Å². The van der Waals surface area contributed by atoms with E-state index in [0.717, 1.165) is 12.8 Å². The van der Waals surface area contributed by atoms with E-state index >= 15 is 0 Å². The molecular weight excluding hydrogens is 378 g/mol. The van der Waals surface area contributed by atoms with E-state index in [9.17, 15) is 26.3 Å². The number of hydrogen-bond acceptors (Lipinski definition) is 2. The van der Waals surface area contributed by atoms with Crippen molar-refractivity contribution in [3.05, 3.63) is 39.9 Å². The Labute approximate surface area is 154 Å². The second-order valence-corrected chi connectivity index (χ2v) is 5.52. The van der Waals surface area contributed by atoms with E-state index < -0.39 is 23.5 Å². The van der Waals surface area contributed by atoms with E-state index in [1.165, 1.54) is 0 Å². The van der Waals surface area contributed by atoms with Crippen LogP contribution >= 0.6 is 12.6 Å². The molecule has 1 N–H and O–H groups in total. The van der Waals surface area contributed by atoms with Gasteiger partial charge in [0.2, 0.25) is 0 Å². The Hall–Kier alpha value is -1.64. The van der Waals surface area contributed by atoms with Gasteiger partial charge in [-0.05, 0) is 31.5 Å². The summed E-state index contributed by atoms with van der Waals surface area (Å²) in [5, 5.41) is 2.34. The van der Waals surface area contributed by atoms with Crippen molar-refractivity contribution in [2.45, 2.75) is 52.9 Å². The Bertz CT molecular complexity index is 601. The molecule has 148 valence electrons. The summed E-state index contributed by atoms with van der Waals surface area (Å²) in [6.45, 7) is 7.58. The first-order chi connectivity index (χ1) is 11.9. The van der Waals surface area contributed by atoms with Gasteiger partial charge in [-0.25, -0.2) is 4.99 Å². The number of nitrogens with zero attached hydrogens (tertiary/aromatic N) is 1. The molecule has 0 aliphatic heterocycles. The van der Waals surface area contributed by atoms with Crippen LogP contribution in [0.15, 0.2) is 33.8 Å². The van der Waals surface area contributed by atoms with Gasteiger partial charge in [-0.3, -0.25) is 0 Å². The number of halogens is 6. The fraction of sp³-hybridized carbons (Fsp3) is 0.471. The molecule has 0 heterocycles. The fourth-order valence-corrected chi connectivity index (χ4v) is 2.02. The van der Waals surface area contributed by atoms with Crippen molar-refractivity contribution in [3.8, 4) is 0 Å². The van der Waals surface area contributed by atoms with Gasteiger partial charge >= 0.3 is 12.4 Å². The second-order valence-electron chi connectivity index (χ2n) is 4.98. The smallest absolute Gasteiger partial charge is 0.346 e. The Morgan fingerprint density at radius 1 is 1.04 bits per heavy atom. The van der Waals surface area contributed by atoms with Gasteiger partial charge in [0.1, 0.15) is 0 Å². The van der Waals surface area contributed by atoms with Crippen LogP contribution in [-0.2, 0) is 12.4 Å². The maximum absolute atomic E-state index is 12.7. The molecule has 1 aromatic carbocycles. The quantitative estimate of drug-likeness (QED) is 0.233. The number of thiol groups is 1. The minimum Gasteiger partial charge on any atom is -0.346 e. The molecule has 26 heavy (non-hydrogen) atoms. The first-order valence-corrected chi connectivity index (χ1v) is 8.37.